The minimum Gasteiger partial charge on any atom is -0.512 e. The van der Waals surface area contributed by atoms with Crippen molar-refractivity contribution in [1.29, 1.82) is 0 Å². The van der Waals surface area contributed by atoms with Gasteiger partial charge in [-0.1, -0.05) is 82.0 Å². The zero-order valence-electron chi connectivity index (χ0n) is 22.8. The first-order valence-corrected chi connectivity index (χ1v) is 13.3. The summed E-state index contributed by atoms with van der Waals surface area (Å²) >= 11 is 0. The van der Waals surface area contributed by atoms with Crippen LogP contribution >= 0.6 is 0 Å². The smallest absolute Gasteiger partial charge is 0.162 e. The SMILES string of the molecule is CCC(CC)C(=O)/C=C(\O)C(C)(CC)CC.[Ir].[c-]1c2c(cc3ccccc13)Oc1cccc3ccnc-2c13. The Balaban J connectivity index is 0.000000215. The van der Waals surface area contributed by atoms with Crippen LogP contribution in [0.5, 0.6) is 11.5 Å². The molecule has 0 fully saturated rings. The molecule has 4 nitrogen and oxygen atoms in total. The summed E-state index contributed by atoms with van der Waals surface area (Å²) in [5.41, 5.74) is 1.65. The Hall–Kier alpha value is -3.01. The zero-order chi connectivity index (χ0) is 26.6. The molecule has 0 spiro atoms. The molecule has 0 saturated carbocycles. The van der Waals surface area contributed by atoms with Crippen molar-refractivity contribution in [1.82, 2.24) is 4.98 Å². The molecule has 5 heteroatoms. The van der Waals surface area contributed by atoms with Crippen LogP contribution in [0.3, 0.4) is 0 Å². The second-order valence-electron chi connectivity index (χ2n) is 9.92. The number of ketones is 1. The average Bonchev–Trinajstić information content (AvgIpc) is 2.93. The van der Waals surface area contributed by atoms with E-state index in [0.717, 1.165) is 70.0 Å². The molecule has 201 valence electrons. The van der Waals surface area contributed by atoms with Gasteiger partial charge in [-0.05, 0) is 43.2 Å². The van der Waals surface area contributed by atoms with Gasteiger partial charge in [0.1, 0.15) is 11.5 Å². The van der Waals surface area contributed by atoms with Crippen LogP contribution in [0.1, 0.15) is 60.3 Å². The summed E-state index contributed by atoms with van der Waals surface area (Å²) in [4.78, 5) is 16.4. The topological polar surface area (TPSA) is 59.4 Å². The minimum absolute atomic E-state index is 0. The van der Waals surface area contributed by atoms with Crippen LogP contribution in [-0.2, 0) is 24.9 Å². The molecule has 0 amide bonds. The molecule has 1 aliphatic rings. The minimum atomic E-state index is -0.248. The van der Waals surface area contributed by atoms with E-state index >= 15 is 0 Å². The predicted molar refractivity (Wildman–Crippen MR) is 152 cm³/mol. The van der Waals surface area contributed by atoms with Gasteiger partial charge in [-0.3, -0.25) is 9.78 Å². The summed E-state index contributed by atoms with van der Waals surface area (Å²) in [7, 11) is 0. The van der Waals surface area contributed by atoms with Crippen LogP contribution in [0, 0.1) is 17.4 Å². The van der Waals surface area contributed by atoms with Gasteiger partial charge in [0.15, 0.2) is 5.78 Å². The van der Waals surface area contributed by atoms with Crippen molar-refractivity contribution < 1.29 is 34.7 Å². The molecular weight excluding hydrogens is 651 g/mol. The standard InChI is InChI=1S/C19H10NO.C14H26O2.Ir/c1-2-5-14-11-17-15(10-13(14)4-1)19-18-12(8-9-20-19)6-3-7-16(18)21-17;1-6-11(7-2)12(15)10-13(16)14(5,8-3)9-4;/h1-9,11H;10-11,16H,6-9H2,1-5H3;/q-1;;/b;13-10-;. The first-order chi connectivity index (χ1) is 17.8. The van der Waals surface area contributed by atoms with Crippen molar-refractivity contribution in [2.45, 2.75) is 60.3 Å². The number of hydrogen-bond acceptors (Lipinski definition) is 4. The van der Waals surface area contributed by atoms with Crippen LogP contribution < -0.4 is 4.74 Å². The summed E-state index contributed by atoms with van der Waals surface area (Å²) in [6, 6.07) is 21.8. The van der Waals surface area contributed by atoms with Crippen molar-refractivity contribution >= 4 is 27.3 Å². The molecule has 1 aromatic heterocycles. The van der Waals surface area contributed by atoms with Crippen LogP contribution in [0.15, 0.2) is 72.6 Å². The van der Waals surface area contributed by atoms with Crippen LogP contribution in [0.2, 0.25) is 0 Å². The van der Waals surface area contributed by atoms with Gasteiger partial charge in [-0.25, -0.2) is 0 Å². The van der Waals surface area contributed by atoms with Gasteiger partial charge >= 0.3 is 0 Å². The number of aliphatic hydroxyl groups excluding tert-OH is 1. The maximum atomic E-state index is 11.9. The fraction of sp³-hybridized carbons (Fsp3) is 0.333. The van der Waals surface area contributed by atoms with Crippen LogP contribution in [-0.4, -0.2) is 15.9 Å². The van der Waals surface area contributed by atoms with Gasteiger partial charge in [0.2, 0.25) is 0 Å². The third-order valence-corrected chi connectivity index (χ3v) is 7.81. The molecule has 4 aromatic rings. The summed E-state index contributed by atoms with van der Waals surface area (Å²) in [6.45, 7) is 10.1. The Morgan fingerprint density at radius 1 is 1.00 bits per heavy atom. The molecule has 0 bridgehead atoms. The Morgan fingerprint density at radius 3 is 2.37 bits per heavy atom. The monoisotopic (exact) mass is 687 g/mol. The van der Waals surface area contributed by atoms with E-state index in [0.29, 0.717) is 0 Å². The van der Waals surface area contributed by atoms with E-state index in [-0.39, 0.29) is 43.0 Å². The molecule has 1 radical (unpaired) electrons. The number of hydrogen-bond donors (Lipinski definition) is 1. The van der Waals surface area contributed by atoms with E-state index in [1.807, 2.05) is 71.1 Å². The van der Waals surface area contributed by atoms with E-state index in [1.165, 1.54) is 6.08 Å². The third kappa shape index (κ3) is 5.85. The molecule has 5 rings (SSSR count). The number of benzene rings is 3. The van der Waals surface area contributed by atoms with Crippen molar-refractivity contribution in [3.8, 4) is 22.8 Å². The zero-order valence-corrected chi connectivity index (χ0v) is 25.2. The molecule has 38 heavy (non-hydrogen) atoms. The second kappa shape index (κ2) is 12.7. The van der Waals surface area contributed by atoms with Crippen molar-refractivity contribution in [3.63, 3.8) is 0 Å². The molecule has 1 N–H and O–H groups in total. The fourth-order valence-electron chi connectivity index (χ4n) is 4.72. The second-order valence-corrected chi connectivity index (χ2v) is 9.92. The van der Waals surface area contributed by atoms with E-state index in [2.05, 4.69) is 35.3 Å². The summed E-state index contributed by atoms with van der Waals surface area (Å²) in [5, 5.41) is 14.4. The fourth-order valence-corrected chi connectivity index (χ4v) is 4.72. The molecule has 0 saturated heterocycles. The van der Waals surface area contributed by atoms with Gasteiger partial charge in [0, 0.05) is 54.8 Å². The summed E-state index contributed by atoms with van der Waals surface area (Å²) < 4.78 is 6.09. The number of ether oxygens (including phenoxy) is 1. The Kier molecular flexibility index (Phi) is 9.87. The first-order valence-electron chi connectivity index (χ1n) is 13.3. The Labute approximate surface area is 239 Å². The largest absolute Gasteiger partial charge is 0.512 e. The van der Waals surface area contributed by atoms with Crippen molar-refractivity contribution in [3.05, 3.63) is 78.7 Å². The maximum Gasteiger partial charge on any atom is 0.162 e. The molecule has 2 heterocycles. The normalized spacial score (nSPS) is 12.3. The first kappa shape index (κ1) is 29.5. The van der Waals surface area contributed by atoms with Crippen LogP contribution in [0.25, 0.3) is 32.8 Å². The van der Waals surface area contributed by atoms with E-state index in [9.17, 15) is 9.90 Å². The number of nitrogens with zero attached hydrogens (tertiary/aromatic N) is 1. The van der Waals surface area contributed by atoms with E-state index in [4.69, 9.17) is 4.74 Å². The van der Waals surface area contributed by atoms with Crippen molar-refractivity contribution in [2.24, 2.45) is 11.3 Å². The molecule has 0 unspecified atom stereocenters. The number of pyridine rings is 1. The third-order valence-electron chi connectivity index (χ3n) is 7.81. The van der Waals surface area contributed by atoms with Gasteiger partial charge in [-0.15, -0.1) is 17.5 Å². The quantitative estimate of drug-likeness (QED) is 0.105. The van der Waals surface area contributed by atoms with Gasteiger partial charge in [0.25, 0.3) is 0 Å². The van der Waals surface area contributed by atoms with Gasteiger partial charge in [0.05, 0.1) is 5.75 Å². The van der Waals surface area contributed by atoms with Gasteiger partial charge in [-0.2, -0.15) is 0 Å². The number of fused-ring (bicyclic) bond motifs is 3. The van der Waals surface area contributed by atoms with Crippen molar-refractivity contribution in [2.75, 3.05) is 0 Å². The Bertz CT molecular complexity index is 1450. The average molecular weight is 687 g/mol. The summed E-state index contributed by atoms with van der Waals surface area (Å²) in [6.07, 6.45) is 6.68. The molecule has 1 aliphatic heterocycles. The number of aromatic nitrogens is 1. The maximum absolute atomic E-state index is 11.9. The number of allylic oxidation sites excluding steroid dienone is 2. The number of carbonyl (C=O) groups is 1. The van der Waals surface area contributed by atoms with E-state index in [1.54, 1.807) is 0 Å². The molecule has 3 aromatic carbocycles. The molecule has 0 atom stereocenters. The number of aliphatic hydroxyl groups is 1. The van der Waals surface area contributed by atoms with Gasteiger partial charge < -0.3 is 9.84 Å². The number of carbonyl (C=O) groups excluding carboxylic acids is 1. The van der Waals surface area contributed by atoms with Crippen LogP contribution in [0.4, 0.5) is 0 Å². The Morgan fingerprint density at radius 2 is 1.68 bits per heavy atom. The molecular formula is C33H36IrNO3-. The number of rotatable bonds is 7. The van der Waals surface area contributed by atoms with E-state index < -0.39 is 0 Å². The molecule has 0 aliphatic carbocycles. The summed E-state index contributed by atoms with van der Waals surface area (Å²) in [5.74, 6) is 2.06. The predicted octanol–water partition coefficient (Wildman–Crippen LogP) is 9.22.